The summed E-state index contributed by atoms with van der Waals surface area (Å²) in [5.41, 5.74) is 1.14. The molecule has 0 aliphatic heterocycles. The summed E-state index contributed by atoms with van der Waals surface area (Å²) in [5, 5.41) is 3.99. The molecule has 0 atom stereocenters. The van der Waals surface area contributed by atoms with E-state index in [1.54, 1.807) is 11.3 Å². The molecule has 0 fully saturated rings. The molecule has 0 spiro atoms. The number of hydrogen-bond acceptors (Lipinski definition) is 3. The molecule has 0 radical (unpaired) electrons. The number of aryl methyl sites for hydroxylation is 1. The number of amides is 1. The van der Waals surface area contributed by atoms with Gasteiger partial charge in [0.25, 0.3) is 5.91 Å². The third kappa shape index (κ3) is 3.25. The number of hydrogen-bond donors (Lipinski definition) is 0. The van der Waals surface area contributed by atoms with Crippen molar-refractivity contribution < 1.29 is 4.79 Å². The normalized spacial score (nSPS) is 10.7. The molecule has 3 aromatic rings. The highest BCUT2D eigenvalue weighted by atomic mass is 32.1. The van der Waals surface area contributed by atoms with Crippen molar-refractivity contribution in [3.63, 3.8) is 0 Å². The maximum absolute atomic E-state index is 12.7. The quantitative estimate of drug-likeness (QED) is 0.698. The first-order valence-electron chi connectivity index (χ1n) is 6.69. The third-order valence-corrected chi connectivity index (χ3v) is 5.07. The Kier molecular flexibility index (Phi) is 4.22. The van der Waals surface area contributed by atoms with Gasteiger partial charge >= 0.3 is 0 Å². The Morgan fingerprint density at radius 3 is 2.52 bits per heavy atom. The van der Waals surface area contributed by atoms with E-state index in [-0.39, 0.29) is 5.91 Å². The third-order valence-electron chi connectivity index (χ3n) is 3.35. The molecule has 0 aliphatic carbocycles. The van der Waals surface area contributed by atoms with Gasteiger partial charge < -0.3 is 9.47 Å². The van der Waals surface area contributed by atoms with Gasteiger partial charge in [0.1, 0.15) is 0 Å². The maximum Gasteiger partial charge on any atom is 0.264 e. The molecule has 0 aliphatic rings. The van der Waals surface area contributed by atoms with Crippen molar-refractivity contribution >= 4 is 28.6 Å². The van der Waals surface area contributed by atoms with Crippen LogP contribution >= 0.6 is 22.7 Å². The average molecular weight is 316 g/mol. The molecule has 3 aromatic heterocycles. The topological polar surface area (TPSA) is 25.2 Å². The van der Waals surface area contributed by atoms with E-state index in [4.69, 9.17) is 0 Å². The molecule has 0 bridgehead atoms. The molecular weight excluding hydrogens is 300 g/mol. The van der Waals surface area contributed by atoms with Crippen molar-refractivity contribution in [2.24, 2.45) is 7.05 Å². The first kappa shape index (κ1) is 14.1. The Labute approximate surface area is 132 Å². The molecule has 5 heteroatoms. The highest BCUT2D eigenvalue weighted by molar-refractivity contribution is 7.12. The van der Waals surface area contributed by atoms with Crippen LogP contribution in [0, 0.1) is 0 Å². The zero-order valence-electron chi connectivity index (χ0n) is 11.7. The lowest BCUT2D eigenvalue weighted by Crippen LogP contribution is -2.30. The lowest BCUT2D eigenvalue weighted by Gasteiger charge is -2.22. The van der Waals surface area contributed by atoms with Crippen LogP contribution in [0.15, 0.2) is 53.4 Å². The Morgan fingerprint density at radius 2 is 1.90 bits per heavy atom. The molecular formula is C16H16N2OS2. The van der Waals surface area contributed by atoms with Gasteiger partial charge in [0.15, 0.2) is 0 Å². The lowest BCUT2D eigenvalue weighted by molar-refractivity contribution is 0.0733. The van der Waals surface area contributed by atoms with Gasteiger partial charge in [-0.25, -0.2) is 0 Å². The molecule has 3 rings (SSSR count). The largest absolute Gasteiger partial charge is 0.353 e. The highest BCUT2D eigenvalue weighted by Crippen LogP contribution is 2.19. The number of rotatable bonds is 5. The molecule has 3 nitrogen and oxygen atoms in total. The summed E-state index contributed by atoms with van der Waals surface area (Å²) in [6.07, 6.45) is 2.01. The molecule has 0 saturated heterocycles. The van der Waals surface area contributed by atoms with Gasteiger partial charge in [0.05, 0.1) is 18.0 Å². The minimum absolute atomic E-state index is 0.0969. The minimum Gasteiger partial charge on any atom is -0.353 e. The van der Waals surface area contributed by atoms with Crippen molar-refractivity contribution in [3.05, 3.63) is 68.8 Å². The van der Waals surface area contributed by atoms with E-state index in [1.807, 2.05) is 53.2 Å². The van der Waals surface area contributed by atoms with Gasteiger partial charge in [-0.05, 0) is 35.0 Å². The van der Waals surface area contributed by atoms with Gasteiger partial charge in [0, 0.05) is 23.8 Å². The Morgan fingerprint density at radius 1 is 1.10 bits per heavy atom. The monoisotopic (exact) mass is 316 g/mol. The molecule has 21 heavy (non-hydrogen) atoms. The molecule has 1 amide bonds. The van der Waals surface area contributed by atoms with Crippen LogP contribution in [0.25, 0.3) is 0 Å². The van der Waals surface area contributed by atoms with Gasteiger partial charge in [0.2, 0.25) is 0 Å². The summed E-state index contributed by atoms with van der Waals surface area (Å²) in [4.78, 5) is 16.6. The van der Waals surface area contributed by atoms with Crippen LogP contribution in [0.4, 0.5) is 0 Å². The maximum atomic E-state index is 12.7. The molecule has 3 heterocycles. The summed E-state index contributed by atoms with van der Waals surface area (Å²) in [6, 6.07) is 12.0. The second kappa shape index (κ2) is 6.28. The van der Waals surface area contributed by atoms with Gasteiger partial charge in [-0.15, -0.1) is 22.7 Å². The van der Waals surface area contributed by atoms with Gasteiger partial charge in [-0.2, -0.15) is 0 Å². The molecule has 0 N–H and O–H groups in total. The average Bonchev–Trinajstić information content (AvgIpc) is 3.20. The van der Waals surface area contributed by atoms with Crippen molar-refractivity contribution in [3.8, 4) is 0 Å². The minimum atomic E-state index is 0.0969. The van der Waals surface area contributed by atoms with Crippen molar-refractivity contribution in [1.82, 2.24) is 9.47 Å². The smallest absolute Gasteiger partial charge is 0.264 e. The van der Waals surface area contributed by atoms with E-state index in [1.165, 1.54) is 16.2 Å². The van der Waals surface area contributed by atoms with Crippen molar-refractivity contribution in [1.29, 1.82) is 0 Å². The van der Waals surface area contributed by atoms with E-state index in [9.17, 15) is 4.79 Å². The highest BCUT2D eigenvalue weighted by Gasteiger charge is 2.18. The Bertz CT molecular complexity index is 699. The summed E-state index contributed by atoms with van der Waals surface area (Å²) in [5.74, 6) is 0.0969. The Balaban J connectivity index is 1.83. The van der Waals surface area contributed by atoms with Crippen LogP contribution in [0.3, 0.4) is 0 Å². The first-order valence-corrected chi connectivity index (χ1v) is 8.45. The summed E-state index contributed by atoms with van der Waals surface area (Å²) >= 11 is 3.18. The zero-order valence-corrected chi connectivity index (χ0v) is 13.4. The number of aromatic nitrogens is 1. The summed E-state index contributed by atoms with van der Waals surface area (Å²) in [6.45, 7) is 1.28. The number of carbonyl (C=O) groups excluding carboxylic acids is 1. The van der Waals surface area contributed by atoms with Crippen LogP contribution in [0.1, 0.15) is 20.2 Å². The summed E-state index contributed by atoms with van der Waals surface area (Å²) in [7, 11) is 2.01. The second-order valence-corrected chi connectivity index (χ2v) is 6.81. The van der Waals surface area contributed by atoms with E-state index in [0.29, 0.717) is 13.1 Å². The predicted octanol–water partition coefficient (Wildman–Crippen LogP) is 3.99. The fourth-order valence-corrected chi connectivity index (χ4v) is 3.61. The Hall–Kier alpha value is -1.85. The SMILES string of the molecule is Cn1cccc1CN(Cc1cccs1)C(=O)c1cccs1. The molecule has 0 aromatic carbocycles. The number of thiophene rings is 2. The number of nitrogens with zero attached hydrogens (tertiary/aromatic N) is 2. The van der Waals surface area contributed by atoms with Crippen molar-refractivity contribution in [2.45, 2.75) is 13.1 Å². The zero-order chi connectivity index (χ0) is 14.7. The fourth-order valence-electron chi connectivity index (χ4n) is 2.20. The fraction of sp³-hybridized carbons (Fsp3) is 0.188. The van der Waals surface area contributed by atoms with Crippen LogP contribution < -0.4 is 0 Å². The van der Waals surface area contributed by atoms with Crippen LogP contribution in [-0.4, -0.2) is 15.4 Å². The standard InChI is InChI=1S/C16H16N2OS2/c1-17-8-2-5-13(17)11-18(12-14-6-3-9-20-14)16(19)15-7-4-10-21-15/h2-10H,11-12H2,1H3. The number of carbonyl (C=O) groups is 1. The summed E-state index contributed by atoms with van der Waals surface area (Å²) < 4.78 is 2.06. The van der Waals surface area contributed by atoms with Crippen LogP contribution in [0.2, 0.25) is 0 Å². The first-order chi connectivity index (χ1) is 10.2. The van der Waals surface area contributed by atoms with Crippen LogP contribution in [0.5, 0.6) is 0 Å². The van der Waals surface area contributed by atoms with Gasteiger partial charge in [-0.3, -0.25) is 4.79 Å². The molecule has 0 saturated carbocycles. The lowest BCUT2D eigenvalue weighted by atomic mass is 10.3. The molecule has 0 unspecified atom stereocenters. The second-order valence-electron chi connectivity index (χ2n) is 4.83. The predicted molar refractivity (Wildman–Crippen MR) is 87.6 cm³/mol. The molecule has 108 valence electrons. The van der Waals surface area contributed by atoms with E-state index in [0.717, 1.165) is 10.6 Å². The van der Waals surface area contributed by atoms with E-state index in [2.05, 4.69) is 16.7 Å². The van der Waals surface area contributed by atoms with Crippen molar-refractivity contribution in [2.75, 3.05) is 0 Å². The van der Waals surface area contributed by atoms with E-state index >= 15 is 0 Å². The van der Waals surface area contributed by atoms with Crippen LogP contribution in [-0.2, 0) is 20.1 Å². The van der Waals surface area contributed by atoms with E-state index < -0.39 is 0 Å². The van der Waals surface area contributed by atoms with Gasteiger partial charge in [-0.1, -0.05) is 12.1 Å².